The van der Waals surface area contributed by atoms with Gasteiger partial charge in [0.1, 0.15) is 0 Å². The summed E-state index contributed by atoms with van der Waals surface area (Å²) in [5, 5.41) is 8.05. The molecule has 2 amide bonds. The molecular formula is C21H31N5OS. The zero-order chi connectivity index (χ0) is 19.9. The van der Waals surface area contributed by atoms with Crippen molar-refractivity contribution in [3.63, 3.8) is 0 Å². The molecule has 7 heteroatoms. The molecule has 1 aromatic heterocycles. The minimum atomic E-state index is -0.113. The number of rotatable bonds is 7. The van der Waals surface area contributed by atoms with Crippen molar-refractivity contribution in [3.05, 3.63) is 52.2 Å². The number of thiophene rings is 1. The van der Waals surface area contributed by atoms with E-state index in [4.69, 9.17) is 0 Å². The van der Waals surface area contributed by atoms with Crippen LogP contribution in [0.3, 0.4) is 0 Å². The van der Waals surface area contributed by atoms with Crippen LogP contribution in [0.5, 0.6) is 0 Å². The highest BCUT2D eigenvalue weighted by atomic mass is 32.1. The fourth-order valence-corrected chi connectivity index (χ4v) is 4.06. The second-order valence-corrected chi connectivity index (χ2v) is 8.52. The molecule has 0 aliphatic carbocycles. The molecular weight excluding hydrogens is 370 g/mol. The molecule has 1 aromatic carbocycles. The van der Waals surface area contributed by atoms with Gasteiger partial charge in [-0.2, -0.15) is 0 Å². The number of carbonyl (C=O) groups is 1. The summed E-state index contributed by atoms with van der Waals surface area (Å²) in [5.41, 5.74) is 2.43. The number of amides is 2. The number of carbonyl (C=O) groups excluding carboxylic acids is 1. The molecule has 3 rings (SSSR count). The summed E-state index contributed by atoms with van der Waals surface area (Å²) in [6.45, 7) is 5.29. The summed E-state index contributed by atoms with van der Waals surface area (Å²) in [4.78, 5) is 20.4. The van der Waals surface area contributed by atoms with Gasteiger partial charge in [-0.25, -0.2) is 4.79 Å². The van der Waals surface area contributed by atoms with Crippen LogP contribution in [-0.4, -0.2) is 69.7 Å². The van der Waals surface area contributed by atoms with E-state index in [1.54, 1.807) is 11.3 Å². The minimum absolute atomic E-state index is 0.113. The number of piperazine rings is 1. The Bertz CT molecular complexity index is 724. The van der Waals surface area contributed by atoms with Crippen LogP contribution in [0.1, 0.15) is 16.5 Å². The number of benzene rings is 1. The minimum Gasteiger partial charge on any atom is -0.378 e. The van der Waals surface area contributed by atoms with Crippen LogP contribution in [0.25, 0.3) is 0 Å². The number of hydrogen-bond acceptors (Lipinski definition) is 5. The maximum atomic E-state index is 12.3. The number of hydrogen-bond donors (Lipinski definition) is 2. The topological polar surface area (TPSA) is 50.9 Å². The molecule has 2 heterocycles. The monoisotopic (exact) mass is 401 g/mol. The SMILES string of the molecule is CN1CCN(C(CNC(=O)NCc2cccs2)c2ccc(N(C)C)cc2)CC1. The third kappa shape index (κ3) is 5.70. The van der Waals surface area contributed by atoms with Crippen LogP contribution in [0.2, 0.25) is 0 Å². The molecule has 152 valence electrons. The van der Waals surface area contributed by atoms with Gasteiger partial charge >= 0.3 is 6.03 Å². The van der Waals surface area contributed by atoms with Gasteiger partial charge in [0.25, 0.3) is 0 Å². The molecule has 0 bridgehead atoms. The highest BCUT2D eigenvalue weighted by molar-refractivity contribution is 7.09. The van der Waals surface area contributed by atoms with Crippen LogP contribution >= 0.6 is 11.3 Å². The van der Waals surface area contributed by atoms with Gasteiger partial charge in [-0.3, -0.25) is 4.90 Å². The largest absolute Gasteiger partial charge is 0.378 e. The smallest absolute Gasteiger partial charge is 0.315 e. The van der Waals surface area contributed by atoms with E-state index in [0.29, 0.717) is 13.1 Å². The lowest BCUT2D eigenvalue weighted by atomic mass is 10.0. The molecule has 0 radical (unpaired) electrons. The van der Waals surface area contributed by atoms with Gasteiger partial charge in [-0.1, -0.05) is 18.2 Å². The van der Waals surface area contributed by atoms with Crippen molar-refractivity contribution in [3.8, 4) is 0 Å². The van der Waals surface area contributed by atoms with Crippen molar-refractivity contribution >= 4 is 23.1 Å². The molecule has 6 nitrogen and oxygen atoms in total. The highest BCUT2D eigenvalue weighted by Crippen LogP contribution is 2.24. The van der Waals surface area contributed by atoms with Crippen LogP contribution in [-0.2, 0) is 6.54 Å². The Balaban J connectivity index is 1.62. The van der Waals surface area contributed by atoms with Crippen molar-refractivity contribution in [1.82, 2.24) is 20.4 Å². The Kier molecular flexibility index (Phi) is 7.30. The average molecular weight is 402 g/mol. The Labute approximate surface area is 172 Å². The van der Waals surface area contributed by atoms with E-state index < -0.39 is 0 Å². The van der Waals surface area contributed by atoms with E-state index in [9.17, 15) is 4.79 Å². The maximum absolute atomic E-state index is 12.3. The molecule has 2 N–H and O–H groups in total. The predicted molar refractivity (Wildman–Crippen MR) is 117 cm³/mol. The number of nitrogens with one attached hydrogen (secondary N) is 2. The number of urea groups is 1. The first kappa shape index (κ1) is 20.6. The number of likely N-dealkylation sites (N-methyl/N-ethyl adjacent to an activating group) is 1. The Morgan fingerprint density at radius 1 is 1.11 bits per heavy atom. The van der Waals surface area contributed by atoms with E-state index in [1.807, 2.05) is 31.6 Å². The van der Waals surface area contributed by atoms with Gasteiger partial charge < -0.3 is 20.4 Å². The molecule has 1 aliphatic heterocycles. The van der Waals surface area contributed by atoms with E-state index in [-0.39, 0.29) is 12.1 Å². The van der Waals surface area contributed by atoms with Crippen LogP contribution in [0.15, 0.2) is 41.8 Å². The first-order chi connectivity index (χ1) is 13.5. The van der Waals surface area contributed by atoms with Crippen molar-refractivity contribution < 1.29 is 4.79 Å². The summed E-state index contributed by atoms with van der Waals surface area (Å²) in [7, 11) is 6.26. The predicted octanol–water partition coefficient (Wildman–Crippen LogP) is 2.60. The van der Waals surface area contributed by atoms with Gasteiger partial charge in [0, 0.05) is 57.4 Å². The third-order valence-electron chi connectivity index (χ3n) is 5.23. The van der Waals surface area contributed by atoms with E-state index >= 15 is 0 Å². The second kappa shape index (κ2) is 9.91. The fourth-order valence-electron chi connectivity index (χ4n) is 3.42. The number of anilines is 1. The summed E-state index contributed by atoms with van der Waals surface area (Å²) < 4.78 is 0. The fraction of sp³-hybridized carbons (Fsp3) is 0.476. The standard InChI is InChI=1S/C21H31N5OS/c1-24(2)18-8-6-17(7-9-18)20(26-12-10-25(3)11-13-26)16-23-21(27)22-15-19-5-4-14-28-19/h4-9,14,20H,10-13,15-16H2,1-3H3,(H2,22,23,27). The van der Waals surface area contributed by atoms with Crippen molar-refractivity contribution in [2.45, 2.75) is 12.6 Å². The molecule has 1 atom stereocenters. The summed E-state index contributed by atoms with van der Waals surface area (Å²) in [6.07, 6.45) is 0. The van der Waals surface area contributed by atoms with Crippen LogP contribution < -0.4 is 15.5 Å². The normalized spacial score (nSPS) is 16.5. The first-order valence-electron chi connectivity index (χ1n) is 9.77. The quantitative estimate of drug-likeness (QED) is 0.749. The lowest BCUT2D eigenvalue weighted by Crippen LogP contribution is -2.49. The average Bonchev–Trinajstić information content (AvgIpc) is 3.22. The maximum Gasteiger partial charge on any atom is 0.315 e. The van der Waals surface area contributed by atoms with Gasteiger partial charge in [0.15, 0.2) is 0 Å². The highest BCUT2D eigenvalue weighted by Gasteiger charge is 2.24. The van der Waals surface area contributed by atoms with Crippen LogP contribution in [0.4, 0.5) is 10.5 Å². The van der Waals surface area contributed by atoms with Crippen molar-refractivity contribution in [2.24, 2.45) is 0 Å². The Morgan fingerprint density at radius 2 is 1.82 bits per heavy atom. The first-order valence-corrected chi connectivity index (χ1v) is 10.6. The molecule has 1 fully saturated rings. The van der Waals surface area contributed by atoms with Gasteiger partial charge in [-0.05, 0) is 36.2 Å². The summed E-state index contributed by atoms with van der Waals surface area (Å²) in [5.74, 6) is 0. The van der Waals surface area contributed by atoms with E-state index in [1.165, 1.54) is 11.3 Å². The Morgan fingerprint density at radius 3 is 2.43 bits per heavy atom. The second-order valence-electron chi connectivity index (χ2n) is 7.48. The Hall–Kier alpha value is -2.09. The van der Waals surface area contributed by atoms with Crippen molar-refractivity contribution in [2.75, 3.05) is 58.8 Å². The van der Waals surface area contributed by atoms with Gasteiger partial charge in [0.2, 0.25) is 0 Å². The third-order valence-corrected chi connectivity index (χ3v) is 6.11. The summed E-state index contributed by atoms with van der Waals surface area (Å²) in [6, 6.07) is 12.8. The molecule has 0 saturated carbocycles. The zero-order valence-corrected chi connectivity index (χ0v) is 17.8. The van der Waals surface area contributed by atoms with E-state index in [2.05, 4.69) is 56.6 Å². The zero-order valence-electron chi connectivity index (χ0n) is 17.0. The molecule has 28 heavy (non-hydrogen) atoms. The number of nitrogens with zero attached hydrogens (tertiary/aromatic N) is 3. The molecule has 0 spiro atoms. The molecule has 2 aromatic rings. The van der Waals surface area contributed by atoms with Gasteiger partial charge in [-0.15, -0.1) is 11.3 Å². The van der Waals surface area contributed by atoms with Crippen LogP contribution in [0, 0.1) is 0 Å². The molecule has 1 aliphatic rings. The lowest BCUT2D eigenvalue weighted by Gasteiger charge is -2.38. The lowest BCUT2D eigenvalue weighted by molar-refractivity contribution is 0.111. The van der Waals surface area contributed by atoms with E-state index in [0.717, 1.165) is 31.1 Å². The van der Waals surface area contributed by atoms with Crippen molar-refractivity contribution in [1.29, 1.82) is 0 Å². The summed E-state index contributed by atoms with van der Waals surface area (Å²) >= 11 is 1.65. The molecule has 1 unspecified atom stereocenters. The van der Waals surface area contributed by atoms with Gasteiger partial charge in [0.05, 0.1) is 12.6 Å². The molecule has 1 saturated heterocycles.